The van der Waals surface area contributed by atoms with Crippen LogP contribution in [0.15, 0.2) is 27.4 Å². The number of ketones is 1. The quantitative estimate of drug-likeness (QED) is 0.555. The van der Waals surface area contributed by atoms with Gasteiger partial charge in [-0.25, -0.2) is 4.79 Å². The van der Waals surface area contributed by atoms with Gasteiger partial charge in [-0.1, -0.05) is 13.8 Å². The number of Topliss-reactive ketones (excluding diaryl/α,β-unsaturated/α-hetero) is 1. The van der Waals surface area contributed by atoms with Crippen LogP contribution in [0.4, 0.5) is 0 Å². The van der Waals surface area contributed by atoms with Crippen LogP contribution in [0.2, 0.25) is 0 Å². The second-order valence-electron chi connectivity index (χ2n) is 12.1. The zero-order valence-electron chi connectivity index (χ0n) is 23.2. The maximum atomic E-state index is 13.8. The Balaban J connectivity index is 1.49. The van der Waals surface area contributed by atoms with Crippen molar-refractivity contribution in [2.45, 2.75) is 76.0 Å². The summed E-state index contributed by atoms with van der Waals surface area (Å²) in [6, 6.07) is 4.91. The van der Waals surface area contributed by atoms with E-state index in [0.29, 0.717) is 22.8 Å². The van der Waals surface area contributed by atoms with Gasteiger partial charge in [0.05, 0.1) is 44.0 Å². The first-order chi connectivity index (χ1) is 18.2. The van der Waals surface area contributed by atoms with E-state index in [1.807, 2.05) is 13.8 Å². The third-order valence-electron chi connectivity index (χ3n) is 10.2. The molecule has 4 aliphatic rings. The third kappa shape index (κ3) is 2.92. The predicted molar refractivity (Wildman–Crippen MR) is 137 cm³/mol. The summed E-state index contributed by atoms with van der Waals surface area (Å²) in [5.74, 6) is 1.24. The summed E-state index contributed by atoms with van der Waals surface area (Å²) in [5, 5.41) is 24.6. The second-order valence-corrected chi connectivity index (χ2v) is 12.1. The Morgan fingerprint density at radius 2 is 1.54 bits per heavy atom. The molecule has 39 heavy (non-hydrogen) atoms. The number of carbonyl (C=O) groups excluding carboxylic acids is 1. The van der Waals surface area contributed by atoms with Gasteiger partial charge in [-0.15, -0.1) is 0 Å². The minimum atomic E-state index is -1.91. The van der Waals surface area contributed by atoms with E-state index in [-0.39, 0.29) is 42.1 Å². The van der Waals surface area contributed by atoms with Crippen LogP contribution in [0.5, 0.6) is 23.0 Å². The van der Waals surface area contributed by atoms with Crippen LogP contribution in [-0.2, 0) is 16.0 Å². The number of carbonyl (C=O) groups is 1. The van der Waals surface area contributed by atoms with Crippen LogP contribution in [0.25, 0.3) is 11.3 Å². The van der Waals surface area contributed by atoms with Crippen molar-refractivity contribution in [1.82, 2.24) is 0 Å². The Morgan fingerprint density at radius 1 is 0.897 bits per heavy atom. The Hall–Kier alpha value is -3.08. The van der Waals surface area contributed by atoms with Gasteiger partial charge in [0, 0.05) is 23.5 Å². The van der Waals surface area contributed by atoms with Gasteiger partial charge in [-0.05, 0) is 38.8 Å². The Bertz CT molecular complexity index is 1440. The molecule has 2 aliphatic carbocycles. The number of fused-ring (bicyclic) bond motifs is 5. The number of benzene rings is 1. The Morgan fingerprint density at radius 3 is 2.13 bits per heavy atom. The van der Waals surface area contributed by atoms with E-state index in [1.54, 1.807) is 32.0 Å². The highest BCUT2D eigenvalue weighted by Gasteiger charge is 2.84. The van der Waals surface area contributed by atoms with Crippen LogP contribution in [0, 0.1) is 10.8 Å². The van der Waals surface area contributed by atoms with Crippen molar-refractivity contribution >= 4 is 5.78 Å². The molecule has 0 radical (unpaired) electrons. The largest absolute Gasteiger partial charge is 0.493 e. The lowest BCUT2D eigenvalue weighted by Gasteiger charge is -2.68. The molecule has 0 spiro atoms. The van der Waals surface area contributed by atoms with Crippen LogP contribution >= 0.6 is 0 Å². The van der Waals surface area contributed by atoms with Crippen LogP contribution in [-0.4, -0.2) is 66.3 Å². The van der Waals surface area contributed by atoms with Crippen LogP contribution < -0.4 is 24.6 Å². The molecule has 3 fully saturated rings. The number of hydrogen-bond donors (Lipinski definition) is 2. The van der Waals surface area contributed by atoms with Crippen molar-refractivity contribution in [1.29, 1.82) is 0 Å². The molecule has 6 rings (SSSR count). The van der Waals surface area contributed by atoms with E-state index in [4.69, 9.17) is 28.1 Å². The van der Waals surface area contributed by atoms with Gasteiger partial charge in [0.15, 0.2) is 17.3 Å². The summed E-state index contributed by atoms with van der Waals surface area (Å²) >= 11 is 0. The minimum absolute atomic E-state index is 0.0982. The van der Waals surface area contributed by atoms with Crippen molar-refractivity contribution in [3.63, 3.8) is 0 Å². The van der Waals surface area contributed by atoms with Crippen molar-refractivity contribution in [2.24, 2.45) is 10.8 Å². The summed E-state index contributed by atoms with van der Waals surface area (Å²) in [5.41, 5.74) is -7.37. The van der Waals surface area contributed by atoms with E-state index in [0.717, 1.165) is 0 Å². The highest BCUT2D eigenvalue weighted by atomic mass is 16.6. The Kier molecular flexibility index (Phi) is 5.21. The minimum Gasteiger partial charge on any atom is -0.493 e. The molecule has 6 atom stereocenters. The van der Waals surface area contributed by atoms with Gasteiger partial charge in [-0.3, -0.25) is 4.79 Å². The van der Waals surface area contributed by atoms with Crippen LogP contribution in [0.1, 0.15) is 46.1 Å². The van der Waals surface area contributed by atoms with Crippen molar-refractivity contribution in [3.8, 4) is 34.3 Å². The molecule has 3 heterocycles. The monoisotopic (exact) mass is 542 g/mol. The van der Waals surface area contributed by atoms with E-state index < -0.39 is 45.5 Å². The summed E-state index contributed by atoms with van der Waals surface area (Å²) in [6.07, 6.45) is -0.891. The molecule has 0 amide bonds. The molecule has 1 aromatic heterocycles. The zero-order valence-corrected chi connectivity index (χ0v) is 23.2. The zero-order chi connectivity index (χ0) is 28.3. The maximum Gasteiger partial charge on any atom is 0.343 e. The average molecular weight is 543 g/mol. The highest BCUT2D eigenvalue weighted by molar-refractivity contribution is 5.96. The van der Waals surface area contributed by atoms with Crippen molar-refractivity contribution < 1.29 is 43.1 Å². The summed E-state index contributed by atoms with van der Waals surface area (Å²) in [7, 11) is 4.47. The molecule has 10 heteroatoms. The topological polar surface area (TPSA) is 137 Å². The molecule has 210 valence electrons. The van der Waals surface area contributed by atoms with E-state index in [1.165, 1.54) is 21.3 Å². The number of hydrogen-bond acceptors (Lipinski definition) is 10. The highest BCUT2D eigenvalue weighted by Crippen LogP contribution is 2.70. The Labute approximate surface area is 225 Å². The SMILES string of the molecule is COc1cc(-c2cc3c(c(=O)o2)C[C@]2(O)[C@@]4(C)C(=O)[C@H]5O[C@H]5C(C)(C)[C@]4(O)CC[C@@]2(C)O3)cc(OC)c1OC. The molecule has 2 aliphatic heterocycles. The molecule has 2 N–H and O–H groups in total. The predicted octanol–water partition coefficient (Wildman–Crippen LogP) is 2.66. The number of epoxide rings is 1. The third-order valence-corrected chi connectivity index (χ3v) is 10.2. The second kappa shape index (κ2) is 7.77. The molecule has 1 saturated heterocycles. The summed E-state index contributed by atoms with van der Waals surface area (Å²) in [4.78, 5) is 27.2. The first-order valence-corrected chi connectivity index (χ1v) is 13.0. The molecule has 10 nitrogen and oxygen atoms in total. The fourth-order valence-corrected chi connectivity index (χ4v) is 7.61. The van der Waals surface area contributed by atoms with Gasteiger partial charge < -0.3 is 38.3 Å². The molecular formula is C29H34O10. The smallest absolute Gasteiger partial charge is 0.343 e. The van der Waals surface area contributed by atoms with E-state index in [2.05, 4.69) is 0 Å². The number of ether oxygens (including phenoxy) is 5. The maximum absolute atomic E-state index is 13.8. The molecular weight excluding hydrogens is 508 g/mol. The first kappa shape index (κ1) is 26.2. The van der Waals surface area contributed by atoms with Crippen molar-refractivity contribution in [3.05, 3.63) is 34.2 Å². The molecule has 1 aromatic carbocycles. The number of rotatable bonds is 4. The van der Waals surface area contributed by atoms with Crippen molar-refractivity contribution in [2.75, 3.05) is 21.3 Å². The van der Waals surface area contributed by atoms with E-state index >= 15 is 0 Å². The van der Waals surface area contributed by atoms with Gasteiger partial charge in [0.2, 0.25) is 5.75 Å². The van der Waals surface area contributed by atoms with Gasteiger partial charge >= 0.3 is 5.63 Å². The number of methoxy groups -OCH3 is 3. The summed E-state index contributed by atoms with van der Waals surface area (Å²) < 4.78 is 34.2. The fourth-order valence-electron chi connectivity index (χ4n) is 7.61. The first-order valence-electron chi connectivity index (χ1n) is 13.0. The average Bonchev–Trinajstić information content (AvgIpc) is 3.71. The molecule has 2 saturated carbocycles. The lowest BCUT2D eigenvalue weighted by Crippen LogP contribution is -2.83. The summed E-state index contributed by atoms with van der Waals surface area (Å²) in [6.45, 7) is 7.05. The molecule has 0 bridgehead atoms. The lowest BCUT2D eigenvalue weighted by atomic mass is 9.40. The van der Waals surface area contributed by atoms with Gasteiger partial charge in [0.1, 0.15) is 28.8 Å². The van der Waals surface area contributed by atoms with Gasteiger partial charge in [0.25, 0.3) is 0 Å². The lowest BCUT2D eigenvalue weighted by molar-refractivity contribution is -0.307. The molecule has 2 aromatic rings. The van der Waals surface area contributed by atoms with Crippen LogP contribution in [0.3, 0.4) is 0 Å². The fraction of sp³-hybridized carbons (Fsp3) is 0.586. The number of aliphatic hydroxyl groups is 2. The standard InChI is InChI=1S/C29H34O10/c1-25(2)23-21(38-23)22(30)27(4)28(25,32)9-8-26(3)29(27,33)13-15-17(39-26)12-16(37-24(15)31)14-10-18(34-5)20(36-7)19(11-14)35-6/h10-12,21,23,32-33H,8-9,13H2,1-7H3/t21-,23-,26-,27+,28-,29-/m1/s1. The normalized spacial score (nSPS) is 37.4. The van der Waals surface area contributed by atoms with Gasteiger partial charge in [-0.2, -0.15) is 0 Å². The van der Waals surface area contributed by atoms with E-state index in [9.17, 15) is 19.8 Å². The molecule has 0 unspecified atom stereocenters.